The maximum atomic E-state index is 13.9. The maximum Gasteiger partial charge on any atom is 0.347 e. The predicted molar refractivity (Wildman–Crippen MR) is 79.3 cm³/mol. The van der Waals surface area contributed by atoms with Crippen molar-refractivity contribution < 1.29 is 28.4 Å². The van der Waals surface area contributed by atoms with E-state index in [2.05, 4.69) is 0 Å². The van der Waals surface area contributed by atoms with Crippen LogP contribution in [-0.2, 0) is 0 Å². The van der Waals surface area contributed by atoms with Crippen molar-refractivity contribution in [3.63, 3.8) is 0 Å². The van der Waals surface area contributed by atoms with Crippen LogP contribution in [0.15, 0.2) is 30.3 Å². The third kappa shape index (κ3) is 3.32. The number of ether oxygens (including phenoxy) is 3. The summed E-state index contributed by atoms with van der Waals surface area (Å²) in [6, 6.07) is 5.52. The van der Waals surface area contributed by atoms with Gasteiger partial charge < -0.3 is 14.2 Å². The van der Waals surface area contributed by atoms with E-state index in [1.54, 1.807) is 0 Å². The summed E-state index contributed by atoms with van der Waals surface area (Å²) in [7, 11) is 2.56. The van der Waals surface area contributed by atoms with Gasteiger partial charge in [-0.25, -0.2) is 0 Å². The molecule has 24 heavy (non-hydrogen) atoms. The summed E-state index contributed by atoms with van der Waals surface area (Å²) in [5.41, 5.74) is -1.45. The molecule has 0 spiro atoms. The Labute approximate surface area is 134 Å². The molecule has 0 aliphatic heterocycles. The molecule has 0 heterocycles. The molecule has 0 fully saturated rings. The smallest absolute Gasteiger partial charge is 0.347 e. The van der Waals surface area contributed by atoms with E-state index in [1.807, 2.05) is 0 Å². The van der Waals surface area contributed by atoms with Crippen molar-refractivity contribution in [2.75, 3.05) is 14.2 Å². The second kappa shape index (κ2) is 6.77. The average molecular weight is 338 g/mol. The van der Waals surface area contributed by atoms with Gasteiger partial charge in [-0.3, -0.25) is 20.2 Å². The number of rotatable bonds is 6. The topological polar surface area (TPSA) is 114 Å². The van der Waals surface area contributed by atoms with Crippen LogP contribution >= 0.6 is 0 Å². The van der Waals surface area contributed by atoms with Gasteiger partial charge in [0.2, 0.25) is 17.3 Å². The first-order chi connectivity index (χ1) is 11.4. The van der Waals surface area contributed by atoms with Crippen LogP contribution in [0.1, 0.15) is 0 Å². The molecule has 0 aliphatic carbocycles. The molecule has 9 nitrogen and oxygen atoms in total. The number of nitrogens with zero attached hydrogens (tertiary/aromatic N) is 2. The van der Waals surface area contributed by atoms with Crippen LogP contribution in [0.25, 0.3) is 0 Å². The summed E-state index contributed by atoms with van der Waals surface area (Å²) in [5.74, 6) is -1.86. The fourth-order valence-electron chi connectivity index (χ4n) is 1.89. The molecule has 0 aliphatic rings. The van der Waals surface area contributed by atoms with Crippen LogP contribution in [0.2, 0.25) is 0 Å². The zero-order chi connectivity index (χ0) is 17.9. The highest BCUT2D eigenvalue weighted by Gasteiger charge is 2.27. The Hall–Kier alpha value is -3.43. The lowest BCUT2D eigenvalue weighted by Crippen LogP contribution is -2.00. The Morgan fingerprint density at radius 1 is 0.917 bits per heavy atom. The second-order valence-corrected chi connectivity index (χ2v) is 4.41. The van der Waals surface area contributed by atoms with Gasteiger partial charge in [0.15, 0.2) is 0 Å². The first kappa shape index (κ1) is 16.9. The SMILES string of the molecule is COc1cc(F)c([N+](=O)[O-])c(Oc2ccc(OC)cc2[N+](=O)[O-])c1. The molecule has 0 amide bonds. The van der Waals surface area contributed by atoms with E-state index < -0.39 is 32.8 Å². The van der Waals surface area contributed by atoms with E-state index >= 15 is 0 Å². The van der Waals surface area contributed by atoms with Crippen molar-refractivity contribution in [1.82, 2.24) is 0 Å². The van der Waals surface area contributed by atoms with Gasteiger partial charge in [0.1, 0.15) is 11.5 Å². The highest BCUT2D eigenvalue weighted by Crippen LogP contribution is 2.40. The third-order valence-electron chi connectivity index (χ3n) is 3.00. The number of nitro groups is 2. The quantitative estimate of drug-likeness (QED) is 0.585. The summed E-state index contributed by atoms with van der Waals surface area (Å²) in [6.07, 6.45) is 0. The van der Waals surface area contributed by atoms with Crippen LogP contribution in [0.4, 0.5) is 15.8 Å². The largest absolute Gasteiger partial charge is 0.497 e. The third-order valence-corrected chi connectivity index (χ3v) is 3.00. The van der Waals surface area contributed by atoms with E-state index in [-0.39, 0.29) is 17.2 Å². The van der Waals surface area contributed by atoms with Crippen molar-refractivity contribution >= 4 is 11.4 Å². The van der Waals surface area contributed by atoms with Gasteiger partial charge in [0, 0.05) is 12.1 Å². The number of benzene rings is 2. The van der Waals surface area contributed by atoms with Crippen molar-refractivity contribution in [3.8, 4) is 23.0 Å². The van der Waals surface area contributed by atoms with Crippen molar-refractivity contribution in [1.29, 1.82) is 0 Å². The molecule has 0 unspecified atom stereocenters. The summed E-state index contributed by atoms with van der Waals surface area (Å²) in [5, 5.41) is 22.2. The molecule has 0 atom stereocenters. The Morgan fingerprint density at radius 3 is 2.12 bits per heavy atom. The van der Waals surface area contributed by atoms with Gasteiger partial charge >= 0.3 is 11.4 Å². The zero-order valence-corrected chi connectivity index (χ0v) is 12.5. The summed E-state index contributed by atoms with van der Waals surface area (Å²) >= 11 is 0. The molecule has 2 aromatic rings. The molecule has 2 aromatic carbocycles. The minimum Gasteiger partial charge on any atom is -0.497 e. The molecule has 0 saturated heterocycles. The number of hydrogen-bond acceptors (Lipinski definition) is 7. The van der Waals surface area contributed by atoms with Crippen molar-refractivity contribution in [3.05, 3.63) is 56.4 Å². The standard InChI is InChI=1S/C14H11FN2O7/c1-22-8-3-4-12(11(6-8)16(18)19)24-13-7-9(23-2)5-10(15)14(13)17(20)21/h3-7H,1-2H3. The fourth-order valence-corrected chi connectivity index (χ4v) is 1.89. The van der Waals surface area contributed by atoms with Gasteiger partial charge in [-0.1, -0.05) is 0 Å². The Kier molecular flexibility index (Phi) is 4.78. The number of halogens is 1. The molecule has 0 N–H and O–H groups in total. The zero-order valence-electron chi connectivity index (χ0n) is 12.5. The van der Waals surface area contributed by atoms with Crippen LogP contribution < -0.4 is 14.2 Å². The van der Waals surface area contributed by atoms with E-state index in [1.165, 1.54) is 26.4 Å². The van der Waals surface area contributed by atoms with Crippen LogP contribution in [0.3, 0.4) is 0 Å². The molecule has 2 rings (SSSR count). The van der Waals surface area contributed by atoms with Gasteiger partial charge in [-0.2, -0.15) is 4.39 Å². The Bertz CT molecular complexity index is 810. The summed E-state index contributed by atoms with van der Waals surface area (Å²) in [4.78, 5) is 20.4. The Balaban J connectivity index is 2.57. The molecule has 10 heteroatoms. The van der Waals surface area contributed by atoms with E-state index in [0.29, 0.717) is 0 Å². The van der Waals surface area contributed by atoms with Crippen molar-refractivity contribution in [2.45, 2.75) is 0 Å². The van der Waals surface area contributed by atoms with Gasteiger partial charge in [-0.05, 0) is 12.1 Å². The lowest BCUT2D eigenvalue weighted by atomic mass is 10.2. The highest BCUT2D eigenvalue weighted by atomic mass is 19.1. The Morgan fingerprint density at radius 2 is 1.58 bits per heavy atom. The molecular formula is C14H11FN2O7. The number of hydrogen-bond donors (Lipinski definition) is 0. The minimum atomic E-state index is -1.19. The normalized spacial score (nSPS) is 10.1. The first-order valence-electron chi connectivity index (χ1n) is 6.39. The lowest BCUT2D eigenvalue weighted by Gasteiger charge is -2.10. The lowest BCUT2D eigenvalue weighted by molar-refractivity contribution is -0.389. The number of nitro benzene ring substituents is 2. The summed E-state index contributed by atoms with van der Waals surface area (Å²) < 4.78 is 28.8. The maximum absolute atomic E-state index is 13.9. The van der Waals surface area contributed by atoms with Gasteiger partial charge in [-0.15, -0.1) is 0 Å². The van der Waals surface area contributed by atoms with E-state index in [9.17, 15) is 24.6 Å². The molecule has 126 valence electrons. The fraction of sp³-hybridized carbons (Fsp3) is 0.143. The van der Waals surface area contributed by atoms with Gasteiger partial charge in [0.05, 0.1) is 30.1 Å². The van der Waals surface area contributed by atoms with Crippen LogP contribution in [0, 0.1) is 26.0 Å². The van der Waals surface area contributed by atoms with E-state index in [4.69, 9.17) is 14.2 Å². The molecule has 0 saturated carbocycles. The first-order valence-corrected chi connectivity index (χ1v) is 6.39. The predicted octanol–water partition coefficient (Wildman–Crippen LogP) is 3.45. The summed E-state index contributed by atoms with van der Waals surface area (Å²) in [6.45, 7) is 0. The molecular weight excluding hydrogens is 327 g/mol. The van der Waals surface area contributed by atoms with Gasteiger partial charge in [0.25, 0.3) is 0 Å². The second-order valence-electron chi connectivity index (χ2n) is 4.41. The van der Waals surface area contributed by atoms with Crippen molar-refractivity contribution in [2.24, 2.45) is 0 Å². The monoisotopic (exact) mass is 338 g/mol. The molecule has 0 aromatic heterocycles. The molecule has 0 bridgehead atoms. The highest BCUT2D eigenvalue weighted by molar-refractivity contribution is 5.57. The van der Waals surface area contributed by atoms with Crippen LogP contribution in [-0.4, -0.2) is 24.1 Å². The van der Waals surface area contributed by atoms with E-state index in [0.717, 1.165) is 18.2 Å². The molecule has 0 radical (unpaired) electrons. The average Bonchev–Trinajstić information content (AvgIpc) is 2.54. The number of methoxy groups -OCH3 is 2. The van der Waals surface area contributed by atoms with Crippen LogP contribution in [0.5, 0.6) is 23.0 Å². The minimum absolute atomic E-state index is 0.0377.